The molecule has 0 aliphatic rings. The number of rotatable bonds is 1. The molecule has 2 N–H and O–H groups in total. The molecule has 72 valence electrons. The predicted molar refractivity (Wildman–Crippen MR) is 63.6 cm³/mol. The van der Waals surface area contributed by atoms with Gasteiger partial charge in [-0.2, -0.15) is 0 Å². The molecule has 0 saturated heterocycles. The molecule has 0 saturated carbocycles. The van der Waals surface area contributed by atoms with E-state index in [2.05, 4.69) is 37.4 Å². The fourth-order valence-corrected chi connectivity index (χ4v) is 2.09. The van der Waals surface area contributed by atoms with Gasteiger partial charge in [0, 0.05) is 5.38 Å². The highest BCUT2D eigenvalue weighted by molar-refractivity contribution is 7.14. The minimum absolute atomic E-state index is 0.873. The lowest BCUT2D eigenvalue weighted by atomic mass is 10.0. The molecule has 0 spiro atoms. The normalized spacial score (nSPS) is 10.4. The summed E-state index contributed by atoms with van der Waals surface area (Å²) in [7, 11) is 0. The summed E-state index contributed by atoms with van der Waals surface area (Å²) in [5, 5.41) is 2.97. The predicted octanol–water partition coefficient (Wildman–Crippen LogP) is 3.61. The van der Waals surface area contributed by atoms with Crippen LogP contribution in [0.1, 0.15) is 11.1 Å². The van der Waals surface area contributed by atoms with Gasteiger partial charge in [0.2, 0.25) is 0 Å². The van der Waals surface area contributed by atoms with E-state index in [0.717, 1.165) is 5.00 Å². The number of thiophene rings is 1. The highest BCUT2D eigenvalue weighted by Gasteiger charge is 2.01. The molecule has 0 radical (unpaired) electrons. The monoisotopic (exact) mass is 203 g/mol. The molecule has 1 aromatic heterocycles. The summed E-state index contributed by atoms with van der Waals surface area (Å²) in [6.07, 6.45) is 0. The summed E-state index contributed by atoms with van der Waals surface area (Å²) < 4.78 is 0. The van der Waals surface area contributed by atoms with Crippen molar-refractivity contribution in [1.29, 1.82) is 0 Å². The summed E-state index contributed by atoms with van der Waals surface area (Å²) in [6, 6.07) is 8.52. The van der Waals surface area contributed by atoms with E-state index in [0.29, 0.717) is 0 Å². The zero-order valence-corrected chi connectivity index (χ0v) is 9.19. The molecular formula is C12H13NS. The van der Waals surface area contributed by atoms with Crippen LogP contribution in [0.4, 0.5) is 5.00 Å². The number of hydrogen-bond acceptors (Lipinski definition) is 2. The molecule has 2 aromatic rings. The number of benzene rings is 1. The van der Waals surface area contributed by atoms with Crippen molar-refractivity contribution in [3.63, 3.8) is 0 Å². The lowest BCUT2D eigenvalue weighted by Gasteiger charge is -2.02. The summed E-state index contributed by atoms with van der Waals surface area (Å²) in [5.41, 5.74) is 10.8. The Morgan fingerprint density at radius 2 is 1.79 bits per heavy atom. The van der Waals surface area contributed by atoms with Crippen LogP contribution in [0, 0.1) is 13.8 Å². The smallest absolute Gasteiger partial charge is 0.0862 e. The fraction of sp³-hybridized carbons (Fsp3) is 0.167. The maximum Gasteiger partial charge on any atom is 0.0862 e. The van der Waals surface area contributed by atoms with Gasteiger partial charge in [-0.1, -0.05) is 18.2 Å². The molecule has 1 heterocycles. The van der Waals surface area contributed by atoms with Crippen LogP contribution in [-0.2, 0) is 0 Å². The quantitative estimate of drug-likeness (QED) is 0.752. The molecule has 0 unspecified atom stereocenters. The summed E-state index contributed by atoms with van der Waals surface area (Å²) >= 11 is 1.59. The third-order valence-electron chi connectivity index (χ3n) is 2.46. The second kappa shape index (κ2) is 3.46. The second-order valence-electron chi connectivity index (χ2n) is 3.54. The standard InChI is InChI=1S/C12H13NS/c1-8-3-4-10(5-9(8)2)11-6-12(13)14-7-11/h3-7H,13H2,1-2H3. The zero-order chi connectivity index (χ0) is 10.1. The van der Waals surface area contributed by atoms with Gasteiger partial charge in [0.25, 0.3) is 0 Å². The van der Waals surface area contributed by atoms with Gasteiger partial charge in [-0.3, -0.25) is 0 Å². The van der Waals surface area contributed by atoms with E-state index in [-0.39, 0.29) is 0 Å². The third kappa shape index (κ3) is 1.66. The summed E-state index contributed by atoms with van der Waals surface area (Å²) in [4.78, 5) is 0. The largest absolute Gasteiger partial charge is 0.391 e. The van der Waals surface area contributed by atoms with Crippen molar-refractivity contribution in [3.05, 3.63) is 40.8 Å². The van der Waals surface area contributed by atoms with E-state index >= 15 is 0 Å². The SMILES string of the molecule is Cc1ccc(-c2csc(N)c2)cc1C. The van der Waals surface area contributed by atoms with E-state index in [4.69, 9.17) is 5.73 Å². The second-order valence-corrected chi connectivity index (χ2v) is 4.48. The van der Waals surface area contributed by atoms with Crippen LogP contribution in [0.25, 0.3) is 11.1 Å². The first-order valence-electron chi connectivity index (χ1n) is 4.58. The number of nitrogens with two attached hydrogens (primary N) is 1. The van der Waals surface area contributed by atoms with Crippen LogP contribution in [0.3, 0.4) is 0 Å². The van der Waals surface area contributed by atoms with Crippen LogP contribution in [0.2, 0.25) is 0 Å². The van der Waals surface area contributed by atoms with Crippen molar-refractivity contribution in [2.24, 2.45) is 0 Å². The maximum absolute atomic E-state index is 5.70. The minimum Gasteiger partial charge on any atom is -0.391 e. The molecular weight excluding hydrogens is 190 g/mol. The van der Waals surface area contributed by atoms with E-state index in [1.54, 1.807) is 11.3 Å². The molecule has 0 fully saturated rings. The number of aryl methyl sites for hydroxylation is 2. The summed E-state index contributed by atoms with van der Waals surface area (Å²) in [6.45, 7) is 4.26. The van der Waals surface area contributed by atoms with Gasteiger partial charge < -0.3 is 5.73 Å². The lowest BCUT2D eigenvalue weighted by Crippen LogP contribution is -1.82. The van der Waals surface area contributed by atoms with E-state index in [1.165, 1.54) is 22.3 Å². The highest BCUT2D eigenvalue weighted by Crippen LogP contribution is 2.28. The molecule has 2 rings (SSSR count). The molecule has 14 heavy (non-hydrogen) atoms. The van der Waals surface area contributed by atoms with Gasteiger partial charge >= 0.3 is 0 Å². The average Bonchev–Trinajstić information content (AvgIpc) is 2.57. The zero-order valence-electron chi connectivity index (χ0n) is 8.37. The summed E-state index contributed by atoms with van der Waals surface area (Å²) in [5.74, 6) is 0. The molecule has 0 atom stereocenters. The van der Waals surface area contributed by atoms with E-state index < -0.39 is 0 Å². The van der Waals surface area contributed by atoms with E-state index in [1.807, 2.05) is 6.07 Å². The number of nitrogen functional groups attached to an aromatic ring is 1. The Labute approximate surface area is 88.2 Å². The molecule has 0 bridgehead atoms. The first-order valence-corrected chi connectivity index (χ1v) is 5.46. The van der Waals surface area contributed by atoms with Gasteiger partial charge in [-0.05, 0) is 42.2 Å². The Morgan fingerprint density at radius 3 is 2.36 bits per heavy atom. The molecule has 1 aromatic carbocycles. The van der Waals surface area contributed by atoms with Crippen LogP contribution in [0.5, 0.6) is 0 Å². The molecule has 2 heteroatoms. The van der Waals surface area contributed by atoms with E-state index in [9.17, 15) is 0 Å². The molecule has 0 aliphatic heterocycles. The average molecular weight is 203 g/mol. The molecule has 0 amide bonds. The lowest BCUT2D eigenvalue weighted by molar-refractivity contribution is 1.34. The first kappa shape index (κ1) is 9.28. The topological polar surface area (TPSA) is 26.0 Å². The van der Waals surface area contributed by atoms with Gasteiger partial charge in [0.15, 0.2) is 0 Å². The highest BCUT2D eigenvalue weighted by atomic mass is 32.1. The first-order chi connectivity index (χ1) is 6.66. The minimum atomic E-state index is 0.873. The Morgan fingerprint density at radius 1 is 1.00 bits per heavy atom. The van der Waals surface area contributed by atoms with Crippen molar-refractivity contribution in [3.8, 4) is 11.1 Å². The Hall–Kier alpha value is -1.28. The van der Waals surface area contributed by atoms with Crippen molar-refractivity contribution in [1.82, 2.24) is 0 Å². The van der Waals surface area contributed by atoms with Crippen molar-refractivity contribution in [2.75, 3.05) is 5.73 Å². The maximum atomic E-state index is 5.70. The Kier molecular flexibility index (Phi) is 2.30. The van der Waals surface area contributed by atoms with Crippen molar-refractivity contribution in [2.45, 2.75) is 13.8 Å². The molecule has 0 aliphatic carbocycles. The number of hydrogen-bond donors (Lipinski definition) is 1. The van der Waals surface area contributed by atoms with Gasteiger partial charge in [0.05, 0.1) is 5.00 Å². The van der Waals surface area contributed by atoms with Gasteiger partial charge in [0.1, 0.15) is 0 Å². The Bertz CT molecular complexity index is 457. The van der Waals surface area contributed by atoms with Crippen molar-refractivity contribution < 1.29 is 0 Å². The van der Waals surface area contributed by atoms with Crippen molar-refractivity contribution >= 4 is 16.3 Å². The fourth-order valence-electron chi connectivity index (χ4n) is 1.43. The number of anilines is 1. The van der Waals surface area contributed by atoms with Gasteiger partial charge in [-0.25, -0.2) is 0 Å². The van der Waals surface area contributed by atoms with Crippen LogP contribution >= 0.6 is 11.3 Å². The van der Waals surface area contributed by atoms with Gasteiger partial charge in [-0.15, -0.1) is 11.3 Å². The van der Waals surface area contributed by atoms with Crippen LogP contribution in [0.15, 0.2) is 29.6 Å². The third-order valence-corrected chi connectivity index (χ3v) is 3.22. The van der Waals surface area contributed by atoms with Crippen LogP contribution in [-0.4, -0.2) is 0 Å². The van der Waals surface area contributed by atoms with Crippen LogP contribution < -0.4 is 5.73 Å². The Balaban J connectivity index is 2.47. The molecule has 1 nitrogen and oxygen atoms in total.